The van der Waals surface area contributed by atoms with Gasteiger partial charge in [-0.15, -0.1) is 11.3 Å². The number of thiophene rings is 1. The van der Waals surface area contributed by atoms with Crippen molar-refractivity contribution in [3.8, 4) is 0 Å². The molecule has 2 aromatic heterocycles. The van der Waals surface area contributed by atoms with Crippen LogP contribution in [0.2, 0.25) is 0 Å². The van der Waals surface area contributed by atoms with E-state index < -0.39 is 13.2 Å². The minimum Gasteiger partial charge on any atom is -0.399 e. The second-order valence-corrected chi connectivity index (χ2v) is 9.08. The van der Waals surface area contributed by atoms with E-state index in [4.69, 9.17) is 9.31 Å². The van der Waals surface area contributed by atoms with E-state index in [9.17, 15) is 5.11 Å². The Morgan fingerprint density at radius 3 is 2.42 bits per heavy atom. The van der Waals surface area contributed by atoms with Gasteiger partial charge in [0.15, 0.2) is 0 Å². The summed E-state index contributed by atoms with van der Waals surface area (Å²) in [5, 5.41) is 10.4. The molecule has 0 spiro atoms. The number of aromatic nitrogens is 1. The van der Waals surface area contributed by atoms with E-state index in [-0.39, 0.29) is 11.2 Å². The molecule has 1 fully saturated rings. The van der Waals surface area contributed by atoms with E-state index in [0.717, 1.165) is 27.0 Å². The first kappa shape index (κ1) is 17.9. The number of aliphatic hydroxyl groups is 1. The van der Waals surface area contributed by atoms with E-state index in [0.29, 0.717) is 5.92 Å². The third-order valence-corrected chi connectivity index (χ3v) is 6.27. The number of hydrogen-bond donors (Lipinski definition) is 1. The second kappa shape index (κ2) is 6.09. The van der Waals surface area contributed by atoms with Crippen LogP contribution in [0.1, 0.15) is 58.9 Å². The predicted octanol–water partition coefficient (Wildman–Crippen LogP) is 3.68. The van der Waals surface area contributed by atoms with Crippen LogP contribution in [0.4, 0.5) is 0 Å². The molecule has 3 rings (SSSR count). The minimum atomic E-state index is -0.449. The Morgan fingerprint density at radius 2 is 1.83 bits per heavy atom. The van der Waals surface area contributed by atoms with Crippen LogP contribution in [-0.2, 0) is 9.31 Å². The van der Waals surface area contributed by atoms with Gasteiger partial charge in [0.1, 0.15) is 0 Å². The smallest absolute Gasteiger partial charge is 0.399 e. The quantitative estimate of drug-likeness (QED) is 0.858. The van der Waals surface area contributed by atoms with E-state index in [2.05, 4.69) is 46.5 Å². The summed E-state index contributed by atoms with van der Waals surface area (Å²) in [6, 6.07) is 3.95. The Kier molecular flexibility index (Phi) is 4.54. The van der Waals surface area contributed by atoms with Gasteiger partial charge >= 0.3 is 7.12 Å². The topological polar surface area (TPSA) is 51.6 Å². The molecule has 6 heteroatoms. The second-order valence-electron chi connectivity index (χ2n) is 8.00. The molecule has 24 heavy (non-hydrogen) atoms. The highest BCUT2D eigenvalue weighted by atomic mass is 32.1. The number of rotatable bonds is 4. The van der Waals surface area contributed by atoms with Crippen LogP contribution in [0, 0.1) is 5.92 Å². The van der Waals surface area contributed by atoms with Gasteiger partial charge in [-0.1, -0.05) is 13.8 Å². The minimum absolute atomic E-state index is 0.371. The molecule has 1 N–H and O–H groups in total. The monoisotopic (exact) mass is 347 g/mol. The van der Waals surface area contributed by atoms with Crippen molar-refractivity contribution >= 4 is 34.1 Å². The van der Waals surface area contributed by atoms with Crippen molar-refractivity contribution in [2.45, 2.75) is 65.3 Å². The normalized spacial score (nSPS) is 20.9. The average Bonchev–Trinajstić information content (AvgIpc) is 2.96. The molecular weight excluding hydrogens is 321 g/mol. The van der Waals surface area contributed by atoms with E-state index >= 15 is 0 Å². The Hall–Kier alpha value is -0.945. The van der Waals surface area contributed by atoms with Crippen molar-refractivity contribution in [3.05, 3.63) is 23.2 Å². The van der Waals surface area contributed by atoms with Crippen LogP contribution in [0.3, 0.4) is 0 Å². The molecule has 0 aromatic carbocycles. The fourth-order valence-corrected chi connectivity index (χ4v) is 4.00. The third-order valence-electron chi connectivity index (χ3n) is 4.99. The van der Waals surface area contributed by atoms with Crippen LogP contribution in [0.15, 0.2) is 18.3 Å². The zero-order valence-electron chi connectivity index (χ0n) is 15.3. The Bertz CT molecular complexity index is 725. The van der Waals surface area contributed by atoms with Gasteiger partial charge in [0.25, 0.3) is 0 Å². The highest BCUT2D eigenvalue weighted by Gasteiger charge is 2.52. The number of pyridine rings is 1. The fourth-order valence-electron chi connectivity index (χ4n) is 2.86. The molecule has 0 amide bonds. The highest BCUT2D eigenvalue weighted by Crippen LogP contribution is 2.38. The van der Waals surface area contributed by atoms with Gasteiger partial charge in [-0.2, -0.15) is 0 Å². The molecule has 0 bridgehead atoms. The zero-order valence-corrected chi connectivity index (χ0v) is 16.1. The molecule has 4 nitrogen and oxygen atoms in total. The first-order valence-corrected chi connectivity index (χ1v) is 9.34. The molecule has 0 saturated carbocycles. The number of fused-ring (bicyclic) bond motifs is 1. The maximum absolute atomic E-state index is 10.4. The summed E-state index contributed by atoms with van der Waals surface area (Å²) in [6.45, 7) is 12.4. The molecule has 2 aromatic rings. The lowest BCUT2D eigenvalue weighted by Gasteiger charge is -2.32. The first-order valence-electron chi connectivity index (χ1n) is 8.53. The van der Waals surface area contributed by atoms with Crippen molar-refractivity contribution in [1.82, 2.24) is 4.98 Å². The lowest BCUT2D eigenvalue weighted by Crippen LogP contribution is -2.41. The number of hydrogen-bond acceptors (Lipinski definition) is 5. The standard InChI is InChI=1S/C18H26BNO3S/c1-11(2)9-14(21)15-10-13-16(24-15)12(7-8-20-13)19-22-17(3,4)18(5,6)23-19/h7-8,10-11,14,21H,9H2,1-6H3. The van der Waals surface area contributed by atoms with Crippen LogP contribution in [0.5, 0.6) is 0 Å². The molecular formula is C18H26BNO3S. The molecule has 0 aliphatic carbocycles. The fraction of sp³-hybridized carbons (Fsp3) is 0.611. The average molecular weight is 347 g/mol. The van der Waals surface area contributed by atoms with Crippen molar-refractivity contribution in [2.24, 2.45) is 5.92 Å². The summed E-state index contributed by atoms with van der Waals surface area (Å²) in [4.78, 5) is 5.41. The summed E-state index contributed by atoms with van der Waals surface area (Å²) in [5.41, 5.74) is 1.14. The summed E-state index contributed by atoms with van der Waals surface area (Å²) in [5.74, 6) is 0.445. The van der Waals surface area contributed by atoms with Crippen LogP contribution in [-0.4, -0.2) is 28.4 Å². The summed E-state index contributed by atoms with van der Waals surface area (Å²) in [7, 11) is -0.408. The van der Waals surface area contributed by atoms with Gasteiger partial charge in [-0.05, 0) is 52.2 Å². The molecule has 1 saturated heterocycles. The van der Waals surface area contributed by atoms with Gasteiger partial charge in [0.05, 0.1) is 27.5 Å². The Labute approximate surface area is 148 Å². The Balaban J connectivity index is 1.97. The van der Waals surface area contributed by atoms with Gasteiger partial charge < -0.3 is 14.4 Å². The van der Waals surface area contributed by atoms with Crippen molar-refractivity contribution in [2.75, 3.05) is 0 Å². The number of nitrogens with zero attached hydrogens (tertiary/aromatic N) is 1. The summed E-state index contributed by atoms with van der Waals surface area (Å²) >= 11 is 1.59. The van der Waals surface area contributed by atoms with Crippen molar-refractivity contribution in [3.63, 3.8) is 0 Å². The summed E-state index contributed by atoms with van der Waals surface area (Å²) < 4.78 is 13.4. The van der Waals surface area contributed by atoms with Crippen LogP contribution < -0.4 is 5.46 Å². The van der Waals surface area contributed by atoms with E-state index in [1.54, 1.807) is 17.5 Å². The summed E-state index contributed by atoms with van der Waals surface area (Å²) in [6.07, 6.45) is 2.09. The van der Waals surface area contributed by atoms with E-state index in [1.165, 1.54) is 0 Å². The molecule has 1 atom stereocenters. The van der Waals surface area contributed by atoms with Crippen LogP contribution in [0.25, 0.3) is 10.2 Å². The molecule has 1 unspecified atom stereocenters. The lowest BCUT2D eigenvalue weighted by molar-refractivity contribution is 0.00578. The van der Waals surface area contributed by atoms with E-state index in [1.807, 2.05) is 12.1 Å². The third kappa shape index (κ3) is 3.13. The zero-order chi connectivity index (χ0) is 17.7. The molecule has 130 valence electrons. The maximum atomic E-state index is 10.4. The van der Waals surface area contributed by atoms with Crippen molar-refractivity contribution < 1.29 is 14.4 Å². The Morgan fingerprint density at radius 1 is 1.21 bits per heavy atom. The van der Waals surface area contributed by atoms with Crippen LogP contribution >= 0.6 is 11.3 Å². The molecule has 3 heterocycles. The van der Waals surface area contributed by atoms with Gasteiger partial charge in [0.2, 0.25) is 0 Å². The largest absolute Gasteiger partial charge is 0.496 e. The molecule has 0 radical (unpaired) electrons. The molecule has 1 aliphatic heterocycles. The molecule has 1 aliphatic rings. The predicted molar refractivity (Wildman–Crippen MR) is 99.8 cm³/mol. The lowest BCUT2D eigenvalue weighted by atomic mass is 9.79. The number of aliphatic hydroxyl groups excluding tert-OH is 1. The van der Waals surface area contributed by atoms with Crippen molar-refractivity contribution in [1.29, 1.82) is 0 Å². The van der Waals surface area contributed by atoms with Gasteiger partial charge in [0, 0.05) is 16.5 Å². The SMILES string of the molecule is CC(C)CC(O)c1cc2nccc(B3OC(C)(C)C(C)(C)O3)c2s1. The highest BCUT2D eigenvalue weighted by molar-refractivity contribution is 7.20. The van der Waals surface area contributed by atoms with Gasteiger partial charge in [-0.3, -0.25) is 4.98 Å². The maximum Gasteiger partial charge on any atom is 0.496 e. The first-order chi connectivity index (χ1) is 11.1. The van der Waals surface area contributed by atoms with Gasteiger partial charge in [-0.25, -0.2) is 0 Å².